The zero-order chi connectivity index (χ0) is 19.6. The molecule has 2 amide bonds. The zero-order valence-electron chi connectivity index (χ0n) is 16.9. The maximum absolute atomic E-state index is 12.9. The molecule has 0 spiro atoms. The normalized spacial score (nSPS) is 27.3. The van der Waals surface area contributed by atoms with E-state index in [0.717, 1.165) is 39.1 Å². The highest BCUT2D eigenvalue weighted by Crippen LogP contribution is 2.34. The number of nitrogens with zero attached hydrogens (tertiary/aromatic N) is 4. The molecule has 2 aliphatic rings. The molecule has 0 saturated carbocycles. The van der Waals surface area contributed by atoms with Gasteiger partial charge in [0.25, 0.3) is 0 Å². The first-order valence-corrected chi connectivity index (χ1v) is 9.96. The second-order valence-corrected chi connectivity index (χ2v) is 7.97. The van der Waals surface area contributed by atoms with Crippen LogP contribution in [0.5, 0.6) is 0 Å². The molecule has 2 aliphatic heterocycles. The fourth-order valence-corrected chi connectivity index (χ4v) is 4.41. The molecule has 0 unspecified atom stereocenters. The number of anilines is 1. The summed E-state index contributed by atoms with van der Waals surface area (Å²) in [6.07, 6.45) is 1.00. The van der Waals surface area contributed by atoms with Crippen LogP contribution in [0.15, 0.2) is 4.52 Å². The minimum Gasteiger partial charge on any atom is -0.394 e. The molecule has 1 aromatic rings. The van der Waals surface area contributed by atoms with Gasteiger partial charge in [0.05, 0.1) is 12.6 Å². The van der Waals surface area contributed by atoms with Crippen LogP contribution in [0.2, 0.25) is 0 Å². The number of aliphatic hydroxyl groups excluding tert-OH is 1. The molecule has 0 radical (unpaired) electrons. The van der Waals surface area contributed by atoms with Gasteiger partial charge in [0.1, 0.15) is 11.4 Å². The minimum atomic E-state index is -0.178. The largest absolute Gasteiger partial charge is 0.394 e. The number of rotatable bonds is 5. The third-order valence-electron chi connectivity index (χ3n) is 6.23. The van der Waals surface area contributed by atoms with Crippen LogP contribution in [0.4, 0.5) is 10.5 Å². The van der Waals surface area contributed by atoms with Crippen LogP contribution in [-0.2, 0) is 0 Å². The maximum atomic E-state index is 12.9. The minimum absolute atomic E-state index is 0.00999. The van der Waals surface area contributed by atoms with E-state index >= 15 is 0 Å². The van der Waals surface area contributed by atoms with Gasteiger partial charge in [-0.05, 0) is 32.7 Å². The number of amides is 2. The average Bonchev–Trinajstić information content (AvgIpc) is 3.17. The zero-order valence-corrected chi connectivity index (χ0v) is 16.9. The molecule has 2 saturated heterocycles. The van der Waals surface area contributed by atoms with Crippen molar-refractivity contribution >= 4 is 11.7 Å². The molecule has 2 N–H and O–H groups in total. The molecule has 0 bridgehead atoms. The number of carbonyl (C=O) groups is 1. The Morgan fingerprint density at radius 2 is 2.00 bits per heavy atom. The Balaban J connectivity index is 1.69. The molecule has 0 aliphatic carbocycles. The summed E-state index contributed by atoms with van der Waals surface area (Å²) in [4.78, 5) is 19.6. The molecular weight excluding hydrogens is 346 g/mol. The SMILES string of the molecule is CC[C@@H]1CN(C(=O)Nc2c(C)noc2C)[C@H](CO)[C@@H]1CN1CCN(C)CC1. The Morgan fingerprint density at radius 1 is 1.30 bits per heavy atom. The lowest BCUT2D eigenvalue weighted by molar-refractivity contribution is 0.0967. The van der Waals surface area contributed by atoms with Crippen LogP contribution in [0, 0.1) is 25.7 Å². The highest BCUT2D eigenvalue weighted by Gasteiger charge is 2.43. The van der Waals surface area contributed by atoms with Crippen LogP contribution >= 0.6 is 0 Å². The third-order valence-corrected chi connectivity index (χ3v) is 6.23. The highest BCUT2D eigenvalue weighted by atomic mass is 16.5. The van der Waals surface area contributed by atoms with E-state index in [2.05, 4.69) is 34.2 Å². The van der Waals surface area contributed by atoms with Gasteiger partial charge in [-0.15, -0.1) is 0 Å². The van der Waals surface area contributed by atoms with E-state index in [1.807, 2.05) is 6.92 Å². The first kappa shape index (κ1) is 20.1. The van der Waals surface area contributed by atoms with Crippen molar-refractivity contribution in [2.45, 2.75) is 33.2 Å². The summed E-state index contributed by atoms with van der Waals surface area (Å²) < 4.78 is 5.14. The Morgan fingerprint density at radius 3 is 2.56 bits per heavy atom. The fraction of sp³-hybridized carbons (Fsp3) is 0.789. The predicted molar refractivity (Wildman–Crippen MR) is 104 cm³/mol. The van der Waals surface area contributed by atoms with Crippen LogP contribution in [-0.4, -0.2) is 90.0 Å². The molecule has 27 heavy (non-hydrogen) atoms. The number of hydrogen-bond donors (Lipinski definition) is 2. The van der Waals surface area contributed by atoms with E-state index in [4.69, 9.17) is 4.52 Å². The molecule has 3 rings (SSSR count). The molecule has 152 valence electrons. The van der Waals surface area contributed by atoms with Gasteiger partial charge in [-0.25, -0.2) is 4.79 Å². The van der Waals surface area contributed by atoms with Crippen LogP contribution in [0.3, 0.4) is 0 Å². The van der Waals surface area contributed by atoms with E-state index in [0.29, 0.717) is 35.5 Å². The first-order chi connectivity index (χ1) is 12.9. The molecule has 1 aromatic heterocycles. The maximum Gasteiger partial charge on any atom is 0.322 e. The van der Waals surface area contributed by atoms with Crippen LogP contribution < -0.4 is 5.32 Å². The summed E-state index contributed by atoms with van der Waals surface area (Å²) in [7, 11) is 2.15. The van der Waals surface area contributed by atoms with Crippen molar-refractivity contribution in [1.29, 1.82) is 0 Å². The number of urea groups is 1. The van der Waals surface area contributed by atoms with Gasteiger partial charge < -0.3 is 29.6 Å². The van der Waals surface area contributed by atoms with Gasteiger partial charge in [-0.2, -0.15) is 0 Å². The molecule has 3 heterocycles. The van der Waals surface area contributed by atoms with E-state index < -0.39 is 0 Å². The number of likely N-dealkylation sites (N-methyl/N-ethyl adjacent to an activating group) is 1. The van der Waals surface area contributed by atoms with E-state index in [-0.39, 0.29) is 18.7 Å². The number of piperazine rings is 1. The van der Waals surface area contributed by atoms with Crippen molar-refractivity contribution < 1.29 is 14.4 Å². The van der Waals surface area contributed by atoms with Gasteiger partial charge in [0.15, 0.2) is 5.76 Å². The average molecular weight is 380 g/mol. The second kappa shape index (κ2) is 8.58. The van der Waals surface area contributed by atoms with Crippen molar-refractivity contribution in [2.24, 2.45) is 11.8 Å². The van der Waals surface area contributed by atoms with E-state index in [9.17, 15) is 9.90 Å². The second-order valence-electron chi connectivity index (χ2n) is 7.97. The number of aryl methyl sites for hydroxylation is 2. The molecule has 8 nitrogen and oxygen atoms in total. The highest BCUT2D eigenvalue weighted by molar-refractivity contribution is 5.90. The standard InChI is InChI=1S/C19H33N5O3/c1-5-15-10-24(19(26)20-18-13(2)21-27-14(18)3)17(12-25)16(15)11-23-8-6-22(4)7-9-23/h15-17,25H,5-12H2,1-4H3,(H,20,26)/t15-,16-,17-/m1/s1. The summed E-state index contributed by atoms with van der Waals surface area (Å²) in [6.45, 7) is 11.6. The van der Waals surface area contributed by atoms with Crippen molar-refractivity contribution in [3.05, 3.63) is 11.5 Å². The van der Waals surface area contributed by atoms with E-state index in [1.54, 1.807) is 11.8 Å². The lowest BCUT2D eigenvalue weighted by atomic mass is 9.88. The van der Waals surface area contributed by atoms with Gasteiger partial charge in [-0.1, -0.05) is 18.5 Å². The Hall–Kier alpha value is -1.64. The van der Waals surface area contributed by atoms with Crippen LogP contribution in [0.1, 0.15) is 24.8 Å². The lowest BCUT2D eigenvalue weighted by Gasteiger charge is -2.36. The van der Waals surface area contributed by atoms with Crippen molar-refractivity contribution in [1.82, 2.24) is 19.9 Å². The predicted octanol–water partition coefficient (Wildman–Crippen LogP) is 1.39. The number of hydrogen-bond acceptors (Lipinski definition) is 6. The number of aliphatic hydroxyl groups is 1. The summed E-state index contributed by atoms with van der Waals surface area (Å²) in [5.41, 5.74) is 1.30. The van der Waals surface area contributed by atoms with Gasteiger partial charge >= 0.3 is 6.03 Å². The summed E-state index contributed by atoms with van der Waals surface area (Å²) >= 11 is 0. The Labute approximate surface area is 161 Å². The van der Waals surface area contributed by atoms with Crippen molar-refractivity contribution in [2.75, 3.05) is 58.2 Å². The van der Waals surface area contributed by atoms with Crippen molar-refractivity contribution in [3.63, 3.8) is 0 Å². The number of carbonyl (C=O) groups excluding carboxylic acids is 1. The van der Waals surface area contributed by atoms with Gasteiger partial charge in [0, 0.05) is 39.3 Å². The molecular formula is C19H33N5O3. The monoisotopic (exact) mass is 379 g/mol. The number of nitrogens with one attached hydrogen (secondary N) is 1. The molecule has 3 atom stereocenters. The Bertz CT molecular complexity index is 622. The summed E-state index contributed by atoms with van der Waals surface area (Å²) in [5.74, 6) is 1.29. The summed E-state index contributed by atoms with van der Waals surface area (Å²) in [6, 6.07) is -0.335. The number of likely N-dealkylation sites (tertiary alicyclic amines) is 1. The Kier molecular flexibility index (Phi) is 6.39. The number of aromatic nitrogens is 1. The molecule has 0 aromatic carbocycles. The summed E-state index contributed by atoms with van der Waals surface area (Å²) in [5, 5.41) is 16.9. The molecule has 2 fully saturated rings. The van der Waals surface area contributed by atoms with Crippen LogP contribution in [0.25, 0.3) is 0 Å². The van der Waals surface area contributed by atoms with E-state index in [1.165, 1.54) is 0 Å². The fourth-order valence-electron chi connectivity index (χ4n) is 4.41. The third kappa shape index (κ3) is 4.28. The lowest BCUT2D eigenvalue weighted by Crippen LogP contribution is -2.49. The first-order valence-electron chi connectivity index (χ1n) is 9.96. The van der Waals surface area contributed by atoms with Crippen molar-refractivity contribution in [3.8, 4) is 0 Å². The van der Waals surface area contributed by atoms with Gasteiger partial charge in [-0.3, -0.25) is 0 Å². The van der Waals surface area contributed by atoms with Gasteiger partial charge in [0.2, 0.25) is 0 Å². The molecule has 8 heteroatoms. The topological polar surface area (TPSA) is 85.1 Å². The quantitative estimate of drug-likeness (QED) is 0.804. The smallest absolute Gasteiger partial charge is 0.322 e.